The van der Waals surface area contributed by atoms with Crippen molar-refractivity contribution >= 4 is 5.97 Å². The van der Waals surface area contributed by atoms with E-state index in [-0.39, 0.29) is 0 Å². The molecule has 0 saturated carbocycles. The highest BCUT2D eigenvalue weighted by atomic mass is 16.5. The van der Waals surface area contributed by atoms with Gasteiger partial charge in [-0.15, -0.1) is 0 Å². The van der Waals surface area contributed by atoms with Gasteiger partial charge in [0.05, 0.1) is 24.3 Å². The number of nitriles is 1. The van der Waals surface area contributed by atoms with Crippen LogP contribution < -0.4 is 4.74 Å². The molecule has 20 heavy (non-hydrogen) atoms. The maximum absolute atomic E-state index is 11.3. The molecule has 1 aromatic carbocycles. The van der Waals surface area contributed by atoms with E-state index < -0.39 is 5.97 Å². The zero-order valence-corrected chi connectivity index (χ0v) is 11.1. The van der Waals surface area contributed by atoms with Gasteiger partial charge in [-0.1, -0.05) is 0 Å². The lowest BCUT2D eigenvalue weighted by Gasteiger charge is -2.06. The fraction of sp³-hybridized carbons (Fsp3) is 0.133. The minimum absolute atomic E-state index is 0.340. The smallest absolute Gasteiger partial charge is 0.337 e. The van der Waals surface area contributed by atoms with E-state index in [1.165, 1.54) is 7.11 Å². The van der Waals surface area contributed by atoms with Crippen LogP contribution in [-0.2, 0) is 4.74 Å². The number of ether oxygens (including phenoxy) is 2. The first-order valence-corrected chi connectivity index (χ1v) is 5.87. The molecule has 100 valence electrons. The SMILES string of the molecule is COC(=O)c1ccc(Oc2cc(C#N)cc(C)n2)cc1. The van der Waals surface area contributed by atoms with Crippen molar-refractivity contribution in [3.8, 4) is 17.7 Å². The Morgan fingerprint density at radius 1 is 1.25 bits per heavy atom. The summed E-state index contributed by atoms with van der Waals surface area (Å²) >= 11 is 0. The quantitative estimate of drug-likeness (QED) is 0.800. The molecule has 2 aromatic rings. The van der Waals surface area contributed by atoms with Gasteiger partial charge in [0.25, 0.3) is 0 Å². The van der Waals surface area contributed by atoms with E-state index in [1.807, 2.05) is 6.07 Å². The molecule has 0 amide bonds. The van der Waals surface area contributed by atoms with Gasteiger partial charge < -0.3 is 9.47 Å². The predicted molar refractivity (Wildman–Crippen MR) is 71.5 cm³/mol. The number of methoxy groups -OCH3 is 1. The van der Waals surface area contributed by atoms with Crippen LogP contribution in [0.2, 0.25) is 0 Å². The Hall–Kier alpha value is -2.87. The summed E-state index contributed by atoms with van der Waals surface area (Å²) in [6.07, 6.45) is 0. The summed E-state index contributed by atoms with van der Waals surface area (Å²) in [5.74, 6) is 0.462. The topological polar surface area (TPSA) is 72.2 Å². The first-order valence-electron chi connectivity index (χ1n) is 5.87. The summed E-state index contributed by atoms with van der Waals surface area (Å²) in [7, 11) is 1.33. The first kappa shape index (κ1) is 13.6. The molecular formula is C15H12N2O3. The summed E-state index contributed by atoms with van der Waals surface area (Å²) in [5.41, 5.74) is 1.62. The third-order valence-electron chi connectivity index (χ3n) is 2.56. The molecule has 0 bridgehead atoms. The van der Waals surface area contributed by atoms with E-state index in [0.717, 1.165) is 0 Å². The highest BCUT2D eigenvalue weighted by Gasteiger charge is 2.06. The molecule has 0 aliphatic carbocycles. The number of esters is 1. The summed E-state index contributed by atoms with van der Waals surface area (Å²) in [6, 6.07) is 11.8. The largest absolute Gasteiger partial charge is 0.465 e. The molecule has 1 heterocycles. The van der Waals surface area contributed by atoms with Crippen LogP contribution in [0, 0.1) is 18.3 Å². The summed E-state index contributed by atoms with van der Waals surface area (Å²) < 4.78 is 10.2. The number of hydrogen-bond donors (Lipinski definition) is 0. The Labute approximate surface area is 116 Å². The second-order valence-corrected chi connectivity index (χ2v) is 4.07. The Kier molecular flexibility index (Phi) is 3.96. The van der Waals surface area contributed by atoms with Crippen molar-refractivity contribution in [2.24, 2.45) is 0 Å². The normalized spacial score (nSPS) is 9.65. The zero-order valence-electron chi connectivity index (χ0n) is 11.1. The molecule has 2 rings (SSSR count). The fourth-order valence-electron chi connectivity index (χ4n) is 1.65. The number of rotatable bonds is 3. The monoisotopic (exact) mass is 268 g/mol. The van der Waals surface area contributed by atoms with Gasteiger partial charge in [-0.05, 0) is 37.3 Å². The molecular weight excluding hydrogens is 256 g/mol. The van der Waals surface area contributed by atoms with Crippen molar-refractivity contribution < 1.29 is 14.3 Å². The van der Waals surface area contributed by atoms with Gasteiger partial charge in [-0.25, -0.2) is 9.78 Å². The molecule has 0 fully saturated rings. The van der Waals surface area contributed by atoms with E-state index in [9.17, 15) is 4.79 Å². The molecule has 0 spiro atoms. The van der Waals surface area contributed by atoms with Gasteiger partial charge in [-0.3, -0.25) is 0 Å². The van der Waals surface area contributed by atoms with Crippen molar-refractivity contribution in [2.75, 3.05) is 7.11 Å². The molecule has 0 N–H and O–H groups in total. The highest BCUT2D eigenvalue weighted by molar-refractivity contribution is 5.89. The standard InChI is InChI=1S/C15H12N2O3/c1-10-7-11(9-16)8-14(17-10)20-13-5-3-12(4-6-13)15(18)19-2/h3-8H,1-2H3. The van der Waals surface area contributed by atoms with Crippen molar-refractivity contribution in [3.63, 3.8) is 0 Å². The minimum Gasteiger partial charge on any atom is -0.465 e. The maximum Gasteiger partial charge on any atom is 0.337 e. The molecule has 1 aromatic heterocycles. The van der Waals surface area contributed by atoms with E-state index >= 15 is 0 Å². The molecule has 0 atom stereocenters. The van der Waals surface area contributed by atoms with Crippen molar-refractivity contribution in [1.82, 2.24) is 4.98 Å². The maximum atomic E-state index is 11.3. The van der Waals surface area contributed by atoms with Gasteiger partial charge in [0, 0.05) is 11.8 Å². The van der Waals surface area contributed by atoms with Crippen LogP contribution in [0.4, 0.5) is 0 Å². The lowest BCUT2D eigenvalue weighted by molar-refractivity contribution is 0.0600. The minimum atomic E-state index is -0.406. The number of aryl methyl sites for hydroxylation is 1. The molecule has 5 nitrogen and oxygen atoms in total. The number of carbonyl (C=O) groups excluding carboxylic acids is 1. The molecule has 0 saturated heterocycles. The Balaban J connectivity index is 2.20. The molecule has 0 radical (unpaired) electrons. The Bertz CT molecular complexity index is 673. The summed E-state index contributed by atoms with van der Waals surface area (Å²) in [4.78, 5) is 15.5. The number of benzene rings is 1. The van der Waals surface area contributed by atoms with Crippen molar-refractivity contribution in [2.45, 2.75) is 6.92 Å². The van der Waals surface area contributed by atoms with Crippen LogP contribution in [0.5, 0.6) is 11.6 Å². The lowest BCUT2D eigenvalue weighted by atomic mass is 10.2. The predicted octanol–water partition coefficient (Wildman–Crippen LogP) is 2.84. The van der Waals surface area contributed by atoms with Crippen molar-refractivity contribution in [1.29, 1.82) is 5.26 Å². The average Bonchev–Trinajstić information content (AvgIpc) is 2.46. The summed E-state index contributed by atoms with van der Waals surface area (Å²) in [5, 5.41) is 8.89. The number of pyridine rings is 1. The Morgan fingerprint density at radius 3 is 2.55 bits per heavy atom. The van der Waals surface area contributed by atoms with Crippen LogP contribution in [0.1, 0.15) is 21.6 Å². The van der Waals surface area contributed by atoms with Crippen LogP contribution >= 0.6 is 0 Å². The average molecular weight is 268 g/mol. The molecule has 0 unspecified atom stereocenters. The van der Waals surface area contributed by atoms with Crippen LogP contribution in [0.15, 0.2) is 36.4 Å². The van der Waals surface area contributed by atoms with Gasteiger partial charge in [0.15, 0.2) is 0 Å². The van der Waals surface area contributed by atoms with Gasteiger partial charge in [-0.2, -0.15) is 5.26 Å². The van der Waals surface area contributed by atoms with Gasteiger partial charge >= 0.3 is 5.97 Å². The third kappa shape index (κ3) is 3.12. The van der Waals surface area contributed by atoms with Crippen LogP contribution in [-0.4, -0.2) is 18.1 Å². The molecule has 0 aliphatic heterocycles. The van der Waals surface area contributed by atoms with E-state index in [0.29, 0.717) is 28.5 Å². The fourth-order valence-corrected chi connectivity index (χ4v) is 1.65. The summed E-state index contributed by atoms with van der Waals surface area (Å²) in [6.45, 7) is 1.79. The molecule has 5 heteroatoms. The van der Waals surface area contributed by atoms with E-state index in [1.54, 1.807) is 43.3 Å². The number of nitrogens with zero attached hydrogens (tertiary/aromatic N) is 2. The first-order chi connectivity index (χ1) is 9.62. The number of carbonyl (C=O) groups is 1. The highest BCUT2D eigenvalue weighted by Crippen LogP contribution is 2.21. The second kappa shape index (κ2) is 5.85. The van der Waals surface area contributed by atoms with E-state index in [4.69, 9.17) is 10.00 Å². The number of aromatic nitrogens is 1. The molecule has 0 aliphatic rings. The van der Waals surface area contributed by atoms with E-state index in [2.05, 4.69) is 9.72 Å². The van der Waals surface area contributed by atoms with Crippen molar-refractivity contribution in [3.05, 3.63) is 53.2 Å². The number of hydrogen-bond acceptors (Lipinski definition) is 5. The van der Waals surface area contributed by atoms with Crippen LogP contribution in [0.25, 0.3) is 0 Å². The zero-order chi connectivity index (χ0) is 14.5. The second-order valence-electron chi connectivity index (χ2n) is 4.07. The van der Waals surface area contributed by atoms with Gasteiger partial charge in [0.1, 0.15) is 5.75 Å². The van der Waals surface area contributed by atoms with Crippen LogP contribution in [0.3, 0.4) is 0 Å². The Morgan fingerprint density at radius 2 is 1.95 bits per heavy atom. The third-order valence-corrected chi connectivity index (χ3v) is 2.56. The lowest BCUT2D eigenvalue weighted by Crippen LogP contribution is -2.00. The van der Waals surface area contributed by atoms with Gasteiger partial charge in [0.2, 0.25) is 5.88 Å².